The van der Waals surface area contributed by atoms with Gasteiger partial charge in [-0.25, -0.2) is 0 Å². The van der Waals surface area contributed by atoms with Gasteiger partial charge in [-0.1, -0.05) is 23.8 Å². The molecule has 0 aliphatic heterocycles. The summed E-state index contributed by atoms with van der Waals surface area (Å²) in [6.45, 7) is 8.51. The highest BCUT2D eigenvalue weighted by Gasteiger charge is 2.17. The van der Waals surface area contributed by atoms with Crippen molar-refractivity contribution < 1.29 is 0 Å². The van der Waals surface area contributed by atoms with Crippen LogP contribution in [0, 0.1) is 13.8 Å². The Bertz CT molecular complexity index is 572. The van der Waals surface area contributed by atoms with Crippen molar-refractivity contribution in [1.29, 1.82) is 0 Å². The molecule has 0 radical (unpaired) electrons. The molecule has 0 aliphatic carbocycles. The molecule has 1 heterocycles. The lowest BCUT2D eigenvalue weighted by molar-refractivity contribution is 0.447. The maximum Gasteiger partial charge on any atom is 0.0669 e. The fourth-order valence-electron chi connectivity index (χ4n) is 2.52. The van der Waals surface area contributed by atoms with Crippen molar-refractivity contribution in [3.05, 3.63) is 52.8 Å². The molecule has 0 fully saturated rings. The summed E-state index contributed by atoms with van der Waals surface area (Å²) in [7, 11) is 0. The molecule has 0 saturated heterocycles. The van der Waals surface area contributed by atoms with E-state index in [0.717, 1.165) is 12.1 Å². The van der Waals surface area contributed by atoms with Gasteiger partial charge < -0.3 is 0 Å². The molecule has 4 heteroatoms. The molecule has 2 aromatic rings. The van der Waals surface area contributed by atoms with Gasteiger partial charge in [0, 0.05) is 12.2 Å². The molecule has 0 saturated carbocycles. The van der Waals surface area contributed by atoms with Gasteiger partial charge in [-0.3, -0.25) is 16.0 Å². The Morgan fingerprint density at radius 3 is 2.65 bits per heavy atom. The molecule has 1 atom stereocenters. The van der Waals surface area contributed by atoms with Gasteiger partial charge in [-0.2, -0.15) is 5.10 Å². The number of hydrazine groups is 1. The molecule has 0 aliphatic rings. The summed E-state index contributed by atoms with van der Waals surface area (Å²) in [4.78, 5) is 0. The van der Waals surface area contributed by atoms with Crippen LogP contribution in [0.25, 0.3) is 0 Å². The fourth-order valence-corrected chi connectivity index (χ4v) is 2.52. The van der Waals surface area contributed by atoms with Crippen molar-refractivity contribution in [3.8, 4) is 0 Å². The number of nitrogens with one attached hydrogen (secondary N) is 1. The van der Waals surface area contributed by atoms with E-state index in [2.05, 4.69) is 56.4 Å². The minimum Gasteiger partial charge on any atom is -0.271 e. The summed E-state index contributed by atoms with van der Waals surface area (Å²) < 4.78 is 2.02. The lowest BCUT2D eigenvalue weighted by atomic mass is 9.97. The predicted molar refractivity (Wildman–Crippen MR) is 82.3 cm³/mol. The molecule has 0 spiro atoms. The molecular weight excluding hydrogens is 248 g/mol. The molecule has 108 valence electrons. The van der Waals surface area contributed by atoms with Gasteiger partial charge in [-0.05, 0) is 51.3 Å². The van der Waals surface area contributed by atoms with Crippen molar-refractivity contribution in [2.45, 2.75) is 46.2 Å². The fraction of sp³-hybridized carbons (Fsp3) is 0.438. The third-order valence-electron chi connectivity index (χ3n) is 3.68. The standard InChI is InChI=1S/C16H24N4/c1-11(2)20-16(7-8-18-20)15(19-17)10-14-9-12(3)5-6-13(14)4/h5-9,11,15,19H,10,17H2,1-4H3. The summed E-state index contributed by atoms with van der Waals surface area (Å²) in [5.41, 5.74) is 7.96. The number of aromatic nitrogens is 2. The van der Waals surface area contributed by atoms with Crippen molar-refractivity contribution in [2.24, 2.45) is 5.84 Å². The van der Waals surface area contributed by atoms with E-state index in [9.17, 15) is 0 Å². The van der Waals surface area contributed by atoms with Crippen LogP contribution in [-0.4, -0.2) is 9.78 Å². The number of hydrogen-bond donors (Lipinski definition) is 2. The molecule has 1 aromatic carbocycles. The Kier molecular flexibility index (Phi) is 4.57. The van der Waals surface area contributed by atoms with Crippen LogP contribution in [0.4, 0.5) is 0 Å². The van der Waals surface area contributed by atoms with E-state index >= 15 is 0 Å². The molecule has 3 N–H and O–H groups in total. The lowest BCUT2D eigenvalue weighted by Crippen LogP contribution is -2.32. The quantitative estimate of drug-likeness (QED) is 0.650. The van der Waals surface area contributed by atoms with E-state index in [1.807, 2.05) is 16.9 Å². The zero-order chi connectivity index (χ0) is 14.7. The molecular formula is C16H24N4. The van der Waals surface area contributed by atoms with Gasteiger partial charge in [0.05, 0.1) is 11.7 Å². The first kappa shape index (κ1) is 14.8. The highest BCUT2D eigenvalue weighted by molar-refractivity contribution is 5.32. The van der Waals surface area contributed by atoms with Gasteiger partial charge in [0.2, 0.25) is 0 Å². The second kappa shape index (κ2) is 6.20. The maximum absolute atomic E-state index is 5.78. The SMILES string of the molecule is Cc1ccc(C)c(CC(NN)c2ccnn2C(C)C)c1. The van der Waals surface area contributed by atoms with Crippen molar-refractivity contribution in [2.75, 3.05) is 0 Å². The third kappa shape index (κ3) is 3.08. The first-order valence-corrected chi connectivity index (χ1v) is 7.08. The average Bonchev–Trinajstić information content (AvgIpc) is 2.89. The van der Waals surface area contributed by atoms with Gasteiger partial charge in [0.25, 0.3) is 0 Å². The average molecular weight is 272 g/mol. The summed E-state index contributed by atoms with van der Waals surface area (Å²) in [6.07, 6.45) is 2.70. The first-order valence-electron chi connectivity index (χ1n) is 7.08. The Balaban J connectivity index is 2.29. The van der Waals surface area contributed by atoms with E-state index in [4.69, 9.17) is 5.84 Å². The number of nitrogens with zero attached hydrogens (tertiary/aromatic N) is 2. The van der Waals surface area contributed by atoms with Gasteiger partial charge in [0.1, 0.15) is 0 Å². The van der Waals surface area contributed by atoms with Crippen molar-refractivity contribution in [3.63, 3.8) is 0 Å². The molecule has 1 aromatic heterocycles. The largest absolute Gasteiger partial charge is 0.271 e. The van der Waals surface area contributed by atoms with Crippen LogP contribution in [-0.2, 0) is 6.42 Å². The number of nitrogens with two attached hydrogens (primary N) is 1. The van der Waals surface area contributed by atoms with Crippen LogP contribution >= 0.6 is 0 Å². The minimum absolute atomic E-state index is 0.0698. The molecule has 20 heavy (non-hydrogen) atoms. The number of hydrogen-bond acceptors (Lipinski definition) is 3. The van der Waals surface area contributed by atoms with E-state index in [-0.39, 0.29) is 6.04 Å². The summed E-state index contributed by atoms with van der Waals surface area (Å²) in [5.74, 6) is 5.78. The minimum atomic E-state index is 0.0698. The Morgan fingerprint density at radius 2 is 2.00 bits per heavy atom. The Hall–Kier alpha value is -1.65. The van der Waals surface area contributed by atoms with Crippen LogP contribution in [0.15, 0.2) is 30.5 Å². The smallest absolute Gasteiger partial charge is 0.0669 e. The topological polar surface area (TPSA) is 55.9 Å². The van der Waals surface area contributed by atoms with Gasteiger partial charge >= 0.3 is 0 Å². The van der Waals surface area contributed by atoms with Crippen LogP contribution in [0.3, 0.4) is 0 Å². The van der Waals surface area contributed by atoms with E-state index in [0.29, 0.717) is 6.04 Å². The van der Waals surface area contributed by atoms with E-state index in [1.54, 1.807) is 0 Å². The van der Waals surface area contributed by atoms with E-state index < -0.39 is 0 Å². The van der Waals surface area contributed by atoms with Crippen LogP contribution in [0.5, 0.6) is 0 Å². The summed E-state index contributed by atoms with van der Waals surface area (Å²) >= 11 is 0. The van der Waals surface area contributed by atoms with Gasteiger partial charge in [-0.15, -0.1) is 0 Å². The summed E-state index contributed by atoms with van der Waals surface area (Å²) in [6, 6.07) is 8.97. The monoisotopic (exact) mass is 272 g/mol. The van der Waals surface area contributed by atoms with E-state index in [1.165, 1.54) is 16.7 Å². The van der Waals surface area contributed by atoms with Crippen LogP contribution < -0.4 is 11.3 Å². The predicted octanol–water partition coefficient (Wildman–Crippen LogP) is 2.83. The Morgan fingerprint density at radius 1 is 1.25 bits per heavy atom. The number of rotatable bonds is 5. The van der Waals surface area contributed by atoms with Crippen molar-refractivity contribution >= 4 is 0 Å². The van der Waals surface area contributed by atoms with Crippen LogP contribution in [0.2, 0.25) is 0 Å². The van der Waals surface area contributed by atoms with Crippen LogP contribution in [0.1, 0.15) is 48.3 Å². The van der Waals surface area contributed by atoms with Gasteiger partial charge in [0.15, 0.2) is 0 Å². The first-order chi connectivity index (χ1) is 9.52. The highest BCUT2D eigenvalue weighted by atomic mass is 15.3. The Labute approximate surface area is 121 Å². The molecule has 4 nitrogen and oxygen atoms in total. The maximum atomic E-state index is 5.78. The molecule has 0 amide bonds. The number of aryl methyl sites for hydroxylation is 2. The highest BCUT2D eigenvalue weighted by Crippen LogP contribution is 2.22. The summed E-state index contributed by atoms with van der Waals surface area (Å²) in [5, 5.41) is 4.39. The lowest BCUT2D eigenvalue weighted by Gasteiger charge is -2.20. The molecule has 0 bridgehead atoms. The molecule has 1 unspecified atom stereocenters. The zero-order valence-corrected chi connectivity index (χ0v) is 12.7. The second-order valence-corrected chi connectivity index (χ2v) is 5.65. The zero-order valence-electron chi connectivity index (χ0n) is 12.7. The normalized spacial score (nSPS) is 12.9. The number of benzene rings is 1. The second-order valence-electron chi connectivity index (χ2n) is 5.65. The molecule has 2 rings (SSSR count). The third-order valence-corrected chi connectivity index (χ3v) is 3.68. The van der Waals surface area contributed by atoms with Crippen molar-refractivity contribution in [1.82, 2.24) is 15.2 Å².